The van der Waals surface area contributed by atoms with Crippen LogP contribution in [0.15, 0.2) is 29.3 Å². The number of fused-ring (bicyclic) bond motifs is 1. The summed E-state index contributed by atoms with van der Waals surface area (Å²) in [7, 11) is 4.87. The van der Waals surface area contributed by atoms with E-state index in [9.17, 15) is 28.5 Å². The van der Waals surface area contributed by atoms with E-state index in [0.717, 1.165) is 11.8 Å². The second-order valence-electron chi connectivity index (χ2n) is 7.59. The molecule has 0 spiro atoms. The summed E-state index contributed by atoms with van der Waals surface area (Å²) in [5.74, 6) is 0.556. The van der Waals surface area contributed by atoms with Crippen LogP contribution < -0.4 is 4.74 Å². The van der Waals surface area contributed by atoms with Crippen LogP contribution in [0.5, 0.6) is 5.75 Å². The number of hydrogen-bond donors (Lipinski definition) is 3. The van der Waals surface area contributed by atoms with Crippen molar-refractivity contribution in [2.45, 2.75) is 54.4 Å². The van der Waals surface area contributed by atoms with Gasteiger partial charge in [-0.25, -0.2) is 0 Å². The number of amidine groups is 1. The summed E-state index contributed by atoms with van der Waals surface area (Å²) in [6.45, 7) is 0. The van der Waals surface area contributed by atoms with E-state index in [4.69, 9.17) is 9.47 Å². The summed E-state index contributed by atoms with van der Waals surface area (Å²) in [6, 6.07) is 5.50. The highest BCUT2D eigenvalue weighted by atomic mass is 32.2. The van der Waals surface area contributed by atoms with Crippen molar-refractivity contribution in [3.05, 3.63) is 29.8 Å². The molecule has 168 valence electrons. The Morgan fingerprint density at radius 3 is 2.33 bits per heavy atom. The highest BCUT2D eigenvalue weighted by Gasteiger charge is 2.65. The number of methoxy groups -OCH3 is 1. The van der Waals surface area contributed by atoms with Gasteiger partial charge in [-0.1, -0.05) is 23.9 Å². The molecule has 2 heterocycles. The fourth-order valence-corrected chi connectivity index (χ4v) is 4.67. The first-order valence-electron chi connectivity index (χ1n) is 9.33. The van der Waals surface area contributed by atoms with Crippen molar-refractivity contribution in [2.24, 2.45) is 4.99 Å². The number of nitrogens with zero attached hydrogens (tertiary/aromatic N) is 2. The number of alkyl halides is 3. The van der Waals surface area contributed by atoms with Gasteiger partial charge in [-0.05, 0) is 30.5 Å². The number of halogens is 3. The lowest BCUT2D eigenvalue weighted by atomic mass is 9.81. The summed E-state index contributed by atoms with van der Waals surface area (Å²) < 4.78 is 52.5. The van der Waals surface area contributed by atoms with Gasteiger partial charge in [0.05, 0.1) is 7.11 Å². The van der Waals surface area contributed by atoms with Crippen LogP contribution in [0, 0.1) is 0 Å². The predicted octanol–water partition coefficient (Wildman–Crippen LogP) is 1.40. The summed E-state index contributed by atoms with van der Waals surface area (Å²) in [6.07, 6.45) is -11.6. The molecular formula is C19H25F3N2O5S. The maximum atomic E-state index is 14.0. The minimum Gasteiger partial charge on any atom is -0.497 e. The van der Waals surface area contributed by atoms with Crippen LogP contribution in [0.1, 0.15) is 12.0 Å². The number of ether oxygens (including phenoxy) is 2. The van der Waals surface area contributed by atoms with Crippen molar-refractivity contribution in [1.82, 2.24) is 4.90 Å². The van der Waals surface area contributed by atoms with Crippen LogP contribution in [0.2, 0.25) is 0 Å². The molecule has 30 heavy (non-hydrogen) atoms. The van der Waals surface area contributed by atoms with E-state index in [2.05, 4.69) is 4.99 Å². The van der Waals surface area contributed by atoms with Crippen molar-refractivity contribution in [3.63, 3.8) is 0 Å². The monoisotopic (exact) mass is 450 g/mol. The van der Waals surface area contributed by atoms with Crippen LogP contribution in [-0.4, -0.2) is 88.2 Å². The van der Waals surface area contributed by atoms with Gasteiger partial charge in [0.1, 0.15) is 35.5 Å². The fourth-order valence-electron chi connectivity index (χ4n) is 3.53. The van der Waals surface area contributed by atoms with Crippen LogP contribution in [-0.2, 0) is 11.2 Å². The molecular weight excluding hydrogens is 425 g/mol. The highest BCUT2D eigenvalue weighted by Crippen LogP contribution is 2.45. The smallest absolute Gasteiger partial charge is 0.419 e. The van der Waals surface area contributed by atoms with E-state index in [-0.39, 0.29) is 6.42 Å². The zero-order valence-electron chi connectivity index (χ0n) is 16.7. The molecule has 1 saturated heterocycles. The molecule has 0 saturated carbocycles. The molecule has 11 heteroatoms. The van der Waals surface area contributed by atoms with E-state index >= 15 is 0 Å². The maximum absolute atomic E-state index is 14.0. The summed E-state index contributed by atoms with van der Waals surface area (Å²) >= 11 is 1.05. The van der Waals surface area contributed by atoms with Gasteiger partial charge >= 0.3 is 6.18 Å². The van der Waals surface area contributed by atoms with Crippen molar-refractivity contribution < 1.29 is 38.0 Å². The fraction of sp³-hybridized carbons (Fsp3) is 0.632. The van der Waals surface area contributed by atoms with Crippen molar-refractivity contribution in [2.75, 3.05) is 21.2 Å². The highest BCUT2D eigenvalue weighted by molar-refractivity contribution is 8.14. The number of aryl methyl sites for hydroxylation is 1. The molecule has 0 unspecified atom stereocenters. The average molecular weight is 450 g/mol. The Morgan fingerprint density at radius 2 is 1.80 bits per heavy atom. The van der Waals surface area contributed by atoms with Gasteiger partial charge in [-0.3, -0.25) is 4.99 Å². The van der Waals surface area contributed by atoms with Gasteiger partial charge in [-0.15, -0.1) is 0 Å². The standard InChI is InChI=1S/C19H25F3N2O5S/c1-24(2)17-23-12-13(25)14(26)15(29-16(12)30-17)18(27,19(20,21)22)9-8-10-4-6-11(28-3)7-5-10/h4-7,12-16,25-27H,8-9H2,1-3H3/t12-,13-,14+,15+,16-,18+/m1/s1. The summed E-state index contributed by atoms with van der Waals surface area (Å²) in [5.41, 5.74) is -3.75. The van der Waals surface area contributed by atoms with E-state index < -0.39 is 48.0 Å². The number of aliphatic hydroxyl groups excluding tert-OH is 2. The maximum Gasteiger partial charge on any atom is 0.419 e. The van der Waals surface area contributed by atoms with Crippen LogP contribution >= 0.6 is 11.8 Å². The number of aliphatic hydroxyl groups is 3. The van der Waals surface area contributed by atoms with Crippen LogP contribution in [0.3, 0.4) is 0 Å². The third-order valence-corrected chi connectivity index (χ3v) is 6.65. The van der Waals surface area contributed by atoms with Gasteiger partial charge in [-0.2, -0.15) is 13.2 Å². The molecule has 0 amide bonds. The Labute approximate surface area is 176 Å². The zero-order valence-corrected chi connectivity index (χ0v) is 17.5. The molecule has 0 aliphatic carbocycles. The number of thioether (sulfide) groups is 1. The molecule has 2 aliphatic rings. The Balaban J connectivity index is 1.82. The number of rotatable bonds is 5. The lowest BCUT2D eigenvalue weighted by Gasteiger charge is -2.46. The van der Waals surface area contributed by atoms with Crippen molar-refractivity contribution >= 4 is 16.9 Å². The molecule has 6 atom stereocenters. The minimum atomic E-state index is -5.09. The zero-order chi connectivity index (χ0) is 22.3. The Morgan fingerprint density at radius 1 is 1.17 bits per heavy atom. The molecule has 3 N–H and O–H groups in total. The molecule has 3 rings (SSSR count). The minimum absolute atomic E-state index is 0.122. The topological polar surface area (TPSA) is 94.8 Å². The molecule has 1 aromatic rings. The van der Waals surface area contributed by atoms with Gasteiger partial charge in [0.25, 0.3) is 0 Å². The molecule has 2 aliphatic heterocycles. The summed E-state index contributed by atoms with van der Waals surface area (Å²) in [4.78, 5) is 5.86. The number of benzene rings is 1. The molecule has 1 fully saturated rings. The largest absolute Gasteiger partial charge is 0.497 e. The lowest BCUT2D eigenvalue weighted by Crippen LogP contribution is -2.67. The second kappa shape index (κ2) is 8.54. The Kier molecular flexibility index (Phi) is 6.59. The molecule has 1 aromatic carbocycles. The van der Waals surface area contributed by atoms with E-state index in [1.807, 2.05) is 0 Å². The first-order valence-corrected chi connectivity index (χ1v) is 10.2. The second-order valence-corrected chi connectivity index (χ2v) is 8.66. The predicted molar refractivity (Wildman–Crippen MR) is 105 cm³/mol. The van der Waals surface area contributed by atoms with Gasteiger partial charge in [0.2, 0.25) is 0 Å². The molecule has 0 aromatic heterocycles. The Bertz CT molecular complexity index is 776. The third-order valence-electron chi connectivity index (χ3n) is 5.35. The van der Waals surface area contributed by atoms with Crippen LogP contribution in [0.25, 0.3) is 0 Å². The molecule has 7 nitrogen and oxygen atoms in total. The third kappa shape index (κ3) is 4.26. The Hall–Kier alpha value is -1.53. The molecule has 0 bridgehead atoms. The van der Waals surface area contributed by atoms with Crippen molar-refractivity contribution in [3.8, 4) is 5.75 Å². The van der Waals surface area contributed by atoms with Gasteiger partial charge in [0.15, 0.2) is 10.8 Å². The number of aliphatic imine (C=N–C) groups is 1. The average Bonchev–Trinajstić information content (AvgIpc) is 3.13. The first kappa shape index (κ1) is 23.1. The summed E-state index contributed by atoms with van der Waals surface area (Å²) in [5, 5.41) is 32.0. The normalized spacial score (nSPS) is 31.0. The number of hydrogen-bond acceptors (Lipinski definition) is 8. The lowest BCUT2D eigenvalue weighted by molar-refractivity contribution is -0.326. The SMILES string of the molecule is COc1ccc(CC[C@](O)([C@H]2O[C@@H]3SC(N(C)C)=N[C@@H]3[C@@H](O)[C@@H]2O)C(F)(F)F)cc1. The van der Waals surface area contributed by atoms with Gasteiger partial charge < -0.3 is 29.7 Å². The quantitative estimate of drug-likeness (QED) is 0.624. The van der Waals surface area contributed by atoms with Crippen LogP contribution in [0.4, 0.5) is 13.2 Å². The molecule has 0 radical (unpaired) electrons. The van der Waals surface area contributed by atoms with Crippen molar-refractivity contribution in [1.29, 1.82) is 0 Å². The van der Waals surface area contributed by atoms with E-state index in [0.29, 0.717) is 16.5 Å². The van der Waals surface area contributed by atoms with E-state index in [1.54, 1.807) is 43.3 Å². The first-order chi connectivity index (χ1) is 14.0. The van der Waals surface area contributed by atoms with E-state index in [1.165, 1.54) is 7.11 Å². The van der Waals surface area contributed by atoms with Gasteiger partial charge in [0, 0.05) is 14.1 Å².